The third-order valence-corrected chi connectivity index (χ3v) is 3.84. The van der Waals surface area contributed by atoms with Gasteiger partial charge in [0.25, 0.3) is 0 Å². The summed E-state index contributed by atoms with van der Waals surface area (Å²) < 4.78 is 13.4. The first-order valence-corrected chi connectivity index (χ1v) is 6.50. The molecule has 0 unspecified atom stereocenters. The number of hydrogen-bond donors (Lipinski definition) is 1. The van der Waals surface area contributed by atoms with E-state index in [1.165, 1.54) is 6.07 Å². The van der Waals surface area contributed by atoms with Gasteiger partial charge in [0.2, 0.25) is 5.91 Å². The first kappa shape index (κ1) is 11.5. The Morgan fingerprint density at radius 1 is 1.44 bits per heavy atom. The molecule has 3 rings (SSSR count). The number of anilines is 1. The highest BCUT2D eigenvalue weighted by Gasteiger charge is 2.34. The standard InChI is InChI=1S/C14H17FN2O/c1-9-7-13(17-6-2-3-14(17)18)11-8-10(15)4-5-12(11)16-9/h4-5,8-9,13,16H,2-3,6-7H2,1H3/t9-,13+/m1/s1. The van der Waals surface area contributed by atoms with E-state index in [-0.39, 0.29) is 17.8 Å². The van der Waals surface area contributed by atoms with Gasteiger partial charge in [-0.2, -0.15) is 0 Å². The number of halogens is 1. The average Bonchev–Trinajstić information content (AvgIpc) is 2.75. The lowest BCUT2D eigenvalue weighted by atomic mass is 9.92. The van der Waals surface area contributed by atoms with Gasteiger partial charge in [-0.3, -0.25) is 4.79 Å². The van der Waals surface area contributed by atoms with Crippen molar-refractivity contribution in [2.45, 2.75) is 38.3 Å². The second kappa shape index (κ2) is 4.26. The number of carbonyl (C=O) groups excluding carboxylic acids is 1. The van der Waals surface area contributed by atoms with Crippen molar-refractivity contribution >= 4 is 11.6 Å². The van der Waals surface area contributed by atoms with Gasteiger partial charge in [0.1, 0.15) is 5.82 Å². The Labute approximate surface area is 106 Å². The SMILES string of the molecule is C[C@@H]1C[C@H](N2CCCC2=O)c2cc(F)ccc2N1. The minimum absolute atomic E-state index is 0.0296. The van der Waals surface area contributed by atoms with Crippen molar-refractivity contribution in [1.29, 1.82) is 0 Å². The Hall–Kier alpha value is -1.58. The van der Waals surface area contributed by atoms with Crippen molar-refractivity contribution in [3.05, 3.63) is 29.6 Å². The number of nitrogens with one attached hydrogen (secondary N) is 1. The molecule has 1 aromatic carbocycles. The molecule has 0 saturated carbocycles. The van der Waals surface area contributed by atoms with Crippen LogP contribution in [-0.2, 0) is 4.79 Å². The molecule has 2 aliphatic rings. The maximum absolute atomic E-state index is 13.4. The van der Waals surface area contributed by atoms with E-state index in [9.17, 15) is 9.18 Å². The maximum Gasteiger partial charge on any atom is 0.223 e. The van der Waals surface area contributed by atoms with Gasteiger partial charge in [0.15, 0.2) is 0 Å². The number of rotatable bonds is 1. The van der Waals surface area contributed by atoms with Crippen molar-refractivity contribution in [2.75, 3.05) is 11.9 Å². The first-order chi connectivity index (χ1) is 8.65. The van der Waals surface area contributed by atoms with Crippen LogP contribution in [0.2, 0.25) is 0 Å². The molecule has 0 aromatic heterocycles. The smallest absolute Gasteiger partial charge is 0.223 e. The molecule has 1 amide bonds. The fourth-order valence-corrected chi connectivity index (χ4v) is 3.02. The predicted octanol–water partition coefficient (Wildman–Crippen LogP) is 2.69. The Morgan fingerprint density at radius 3 is 3.00 bits per heavy atom. The number of carbonyl (C=O) groups is 1. The first-order valence-electron chi connectivity index (χ1n) is 6.50. The van der Waals surface area contributed by atoms with Crippen molar-refractivity contribution in [3.8, 4) is 0 Å². The van der Waals surface area contributed by atoms with E-state index in [0.717, 1.165) is 30.6 Å². The molecule has 0 radical (unpaired) electrons. The number of hydrogen-bond acceptors (Lipinski definition) is 2. The van der Waals surface area contributed by atoms with Crippen LogP contribution in [-0.4, -0.2) is 23.4 Å². The summed E-state index contributed by atoms with van der Waals surface area (Å²) in [5.41, 5.74) is 1.88. The van der Waals surface area contributed by atoms with Gasteiger partial charge in [0.05, 0.1) is 6.04 Å². The molecule has 96 valence electrons. The van der Waals surface area contributed by atoms with E-state index in [2.05, 4.69) is 12.2 Å². The lowest BCUT2D eigenvalue weighted by molar-refractivity contribution is -0.130. The third kappa shape index (κ3) is 1.85. The summed E-state index contributed by atoms with van der Waals surface area (Å²) in [6.45, 7) is 2.89. The van der Waals surface area contributed by atoms with Crippen molar-refractivity contribution < 1.29 is 9.18 Å². The quantitative estimate of drug-likeness (QED) is 0.828. The zero-order chi connectivity index (χ0) is 12.7. The second-order valence-electron chi connectivity index (χ2n) is 5.22. The second-order valence-corrected chi connectivity index (χ2v) is 5.22. The molecule has 0 spiro atoms. The van der Waals surface area contributed by atoms with Gasteiger partial charge in [-0.1, -0.05) is 0 Å². The molecule has 4 heteroatoms. The zero-order valence-electron chi connectivity index (χ0n) is 10.4. The van der Waals surface area contributed by atoms with Crippen LogP contribution < -0.4 is 5.32 Å². The molecule has 1 fully saturated rings. The van der Waals surface area contributed by atoms with Crippen LogP contribution >= 0.6 is 0 Å². The summed E-state index contributed by atoms with van der Waals surface area (Å²) in [5, 5.41) is 3.35. The third-order valence-electron chi connectivity index (χ3n) is 3.84. The van der Waals surface area contributed by atoms with E-state index in [0.29, 0.717) is 12.5 Å². The van der Waals surface area contributed by atoms with Crippen LogP contribution in [0.25, 0.3) is 0 Å². The molecule has 1 aromatic rings. The Morgan fingerprint density at radius 2 is 2.28 bits per heavy atom. The molecular formula is C14H17FN2O. The van der Waals surface area contributed by atoms with E-state index in [1.807, 2.05) is 4.90 Å². The van der Waals surface area contributed by atoms with Crippen molar-refractivity contribution in [3.63, 3.8) is 0 Å². The largest absolute Gasteiger partial charge is 0.382 e. The van der Waals surface area contributed by atoms with Gasteiger partial charge in [-0.15, -0.1) is 0 Å². The molecule has 2 heterocycles. The highest BCUT2D eigenvalue weighted by atomic mass is 19.1. The highest BCUT2D eigenvalue weighted by Crippen LogP contribution is 2.38. The topological polar surface area (TPSA) is 32.3 Å². The Kier molecular flexibility index (Phi) is 2.73. The minimum atomic E-state index is -0.234. The number of likely N-dealkylation sites (tertiary alicyclic amines) is 1. The van der Waals surface area contributed by atoms with E-state index in [4.69, 9.17) is 0 Å². The maximum atomic E-state index is 13.4. The summed E-state index contributed by atoms with van der Waals surface area (Å²) in [6.07, 6.45) is 2.40. The molecular weight excluding hydrogens is 231 g/mol. The Balaban J connectivity index is 2.00. The van der Waals surface area contributed by atoms with Crippen LogP contribution in [0.1, 0.15) is 37.8 Å². The molecule has 1 N–H and O–H groups in total. The zero-order valence-corrected chi connectivity index (χ0v) is 10.4. The Bertz CT molecular complexity index is 489. The summed E-state index contributed by atoms with van der Waals surface area (Å²) in [5.74, 6) is -0.0361. The van der Waals surface area contributed by atoms with Crippen LogP contribution in [0.4, 0.5) is 10.1 Å². The van der Waals surface area contributed by atoms with Gasteiger partial charge >= 0.3 is 0 Å². The lowest BCUT2D eigenvalue weighted by Crippen LogP contribution is -2.37. The number of fused-ring (bicyclic) bond motifs is 1. The fraction of sp³-hybridized carbons (Fsp3) is 0.500. The average molecular weight is 248 g/mol. The monoisotopic (exact) mass is 248 g/mol. The van der Waals surface area contributed by atoms with E-state index >= 15 is 0 Å². The van der Waals surface area contributed by atoms with E-state index < -0.39 is 0 Å². The summed E-state index contributed by atoms with van der Waals surface area (Å²) >= 11 is 0. The van der Waals surface area contributed by atoms with Gasteiger partial charge < -0.3 is 10.2 Å². The highest BCUT2D eigenvalue weighted by molar-refractivity contribution is 5.79. The number of nitrogens with zero attached hydrogens (tertiary/aromatic N) is 1. The normalized spacial score (nSPS) is 27.0. The van der Waals surface area contributed by atoms with Crippen LogP contribution in [0.3, 0.4) is 0 Å². The molecule has 2 aliphatic heterocycles. The fourth-order valence-electron chi connectivity index (χ4n) is 3.02. The molecule has 0 bridgehead atoms. The molecule has 3 nitrogen and oxygen atoms in total. The van der Waals surface area contributed by atoms with E-state index in [1.54, 1.807) is 12.1 Å². The van der Waals surface area contributed by atoms with Gasteiger partial charge in [-0.25, -0.2) is 4.39 Å². The minimum Gasteiger partial charge on any atom is -0.382 e. The van der Waals surface area contributed by atoms with Crippen LogP contribution in [0, 0.1) is 5.82 Å². The van der Waals surface area contributed by atoms with Gasteiger partial charge in [0, 0.05) is 30.3 Å². The summed E-state index contributed by atoms with van der Waals surface area (Å²) in [6, 6.07) is 5.13. The lowest BCUT2D eigenvalue weighted by Gasteiger charge is -2.36. The van der Waals surface area contributed by atoms with Crippen LogP contribution in [0.15, 0.2) is 18.2 Å². The molecule has 2 atom stereocenters. The number of benzene rings is 1. The number of amides is 1. The van der Waals surface area contributed by atoms with Crippen molar-refractivity contribution in [1.82, 2.24) is 4.90 Å². The predicted molar refractivity (Wildman–Crippen MR) is 67.8 cm³/mol. The molecule has 1 saturated heterocycles. The molecule has 18 heavy (non-hydrogen) atoms. The van der Waals surface area contributed by atoms with Gasteiger partial charge in [-0.05, 0) is 38.0 Å². The summed E-state index contributed by atoms with van der Waals surface area (Å²) in [7, 11) is 0. The molecule has 0 aliphatic carbocycles. The van der Waals surface area contributed by atoms with Crippen molar-refractivity contribution in [2.24, 2.45) is 0 Å². The summed E-state index contributed by atoms with van der Waals surface area (Å²) in [4.78, 5) is 13.8. The van der Waals surface area contributed by atoms with Crippen LogP contribution in [0.5, 0.6) is 0 Å².